The molecule has 2 heteroatoms. The topological polar surface area (TPSA) is 33.4 Å². The van der Waals surface area contributed by atoms with Gasteiger partial charge in [0.2, 0.25) is 0 Å². The normalized spacial score (nSPS) is 38.2. The molecule has 1 aromatic rings. The summed E-state index contributed by atoms with van der Waals surface area (Å²) >= 11 is 0. The minimum absolute atomic E-state index is 0.252. The van der Waals surface area contributed by atoms with Gasteiger partial charge in [0.1, 0.15) is 5.76 Å². The number of rotatable bonds is 0. The lowest BCUT2D eigenvalue weighted by Crippen LogP contribution is -2.15. The van der Waals surface area contributed by atoms with Gasteiger partial charge in [-0.05, 0) is 31.2 Å². The zero-order chi connectivity index (χ0) is 8.13. The molecule has 2 aliphatic rings. The molecule has 3 atom stereocenters. The molecule has 0 aromatic carbocycles. The first-order valence-corrected chi connectivity index (χ1v) is 4.61. The Morgan fingerprint density at radius 3 is 3.25 bits per heavy atom. The second-order valence-electron chi connectivity index (χ2n) is 3.96. The highest BCUT2D eigenvalue weighted by Crippen LogP contribution is 2.51. The van der Waals surface area contributed by atoms with Crippen molar-refractivity contribution < 1.29 is 9.52 Å². The highest BCUT2D eigenvalue weighted by Gasteiger charge is 2.40. The third-order valence-corrected chi connectivity index (χ3v) is 3.34. The van der Waals surface area contributed by atoms with Crippen LogP contribution in [-0.2, 0) is 0 Å². The first-order valence-electron chi connectivity index (χ1n) is 4.61. The lowest BCUT2D eigenvalue weighted by Gasteiger charge is -2.23. The summed E-state index contributed by atoms with van der Waals surface area (Å²) in [7, 11) is 0. The summed E-state index contributed by atoms with van der Waals surface area (Å²) in [5.41, 5.74) is 1.05. The zero-order valence-corrected chi connectivity index (χ0v) is 6.86. The van der Waals surface area contributed by atoms with Crippen molar-refractivity contribution in [2.24, 2.45) is 5.92 Å². The maximum Gasteiger partial charge on any atom is 0.112 e. The second-order valence-corrected chi connectivity index (χ2v) is 3.96. The van der Waals surface area contributed by atoms with Crippen LogP contribution in [-0.4, -0.2) is 5.11 Å². The smallest absolute Gasteiger partial charge is 0.112 e. The van der Waals surface area contributed by atoms with Crippen LogP contribution in [0.2, 0.25) is 0 Å². The van der Waals surface area contributed by atoms with Crippen LogP contribution in [0.3, 0.4) is 0 Å². The Kier molecular flexibility index (Phi) is 1.20. The van der Waals surface area contributed by atoms with E-state index in [0.717, 1.165) is 24.2 Å². The summed E-state index contributed by atoms with van der Waals surface area (Å²) in [6.07, 6.45) is 4.94. The second kappa shape index (κ2) is 2.13. The lowest BCUT2D eigenvalue weighted by atomic mass is 9.86. The molecule has 0 saturated heterocycles. The van der Waals surface area contributed by atoms with Crippen molar-refractivity contribution in [3.05, 3.63) is 23.7 Å². The quantitative estimate of drug-likeness (QED) is 0.637. The van der Waals surface area contributed by atoms with Crippen molar-refractivity contribution in [3.8, 4) is 0 Å². The zero-order valence-electron chi connectivity index (χ0n) is 6.86. The maximum atomic E-state index is 9.88. The molecule has 12 heavy (non-hydrogen) atoms. The van der Waals surface area contributed by atoms with Crippen LogP contribution in [0.25, 0.3) is 0 Å². The van der Waals surface area contributed by atoms with Crippen molar-refractivity contribution >= 4 is 0 Å². The van der Waals surface area contributed by atoms with Crippen LogP contribution in [0, 0.1) is 5.92 Å². The van der Waals surface area contributed by atoms with Crippen LogP contribution in [0.1, 0.15) is 42.6 Å². The van der Waals surface area contributed by atoms with E-state index in [0.29, 0.717) is 11.8 Å². The molecule has 0 spiro atoms. The molecule has 1 fully saturated rings. The fourth-order valence-electron chi connectivity index (χ4n) is 2.70. The molecule has 64 valence electrons. The van der Waals surface area contributed by atoms with E-state index in [1.807, 2.05) is 6.07 Å². The predicted octanol–water partition coefficient (Wildman–Crippen LogP) is 2.21. The van der Waals surface area contributed by atoms with Crippen LogP contribution >= 0.6 is 0 Å². The van der Waals surface area contributed by atoms with E-state index in [9.17, 15) is 5.11 Å². The number of hydrogen-bond donors (Lipinski definition) is 1. The van der Waals surface area contributed by atoms with Crippen molar-refractivity contribution in [2.75, 3.05) is 0 Å². The average Bonchev–Trinajstić information content (AvgIpc) is 2.69. The Balaban J connectivity index is 2.15. The summed E-state index contributed by atoms with van der Waals surface area (Å²) in [5.74, 6) is 2.15. The SMILES string of the molecule is OC1c2ccoc2C2CCC1C2. The molecule has 0 radical (unpaired) electrons. The van der Waals surface area contributed by atoms with E-state index in [1.54, 1.807) is 6.26 Å². The first-order chi connectivity index (χ1) is 5.86. The summed E-state index contributed by atoms with van der Waals surface area (Å²) in [6, 6.07) is 1.92. The molecular weight excluding hydrogens is 152 g/mol. The van der Waals surface area contributed by atoms with E-state index in [2.05, 4.69) is 0 Å². The summed E-state index contributed by atoms with van der Waals surface area (Å²) in [6.45, 7) is 0. The Morgan fingerprint density at radius 1 is 1.42 bits per heavy atom. The number of aliphatic hydroxyl groups is 1. The average molecular weight is 164 g/mol. The van der Waals surface area contributed by atoms with Crippen LogP contribution in [0.4, 0.5) is 0 Å². The largest absolute Gasteiger partial charge is 0.469 e. The summed E-state index contributed by atoms with van der Waals surface area (Å²) < 4.78 is 5.40. The molecule has 0 aliphatic heterocycles. The molecule has 2 nitrogen and oxygen atoms in total. The third-order valence-electron chi connectivity index (χ3n) is 3.34. The highest BCUT2D eigenvalue weighted by atomic mass is 16.3. The van der Waals surface area contributed by atoms with Gasteiger partial charge in [-0.15, -0.1) is 0 Å². The molecular formula is C10H12O2. The minimum atomic E-state index is -0.252. The number of furan rings is 1. The van der Waals surface area contributed by atoms with Gasteiger partial charge in [0.25, 0.3) is 0 Å². The fraction of sp³-hybridized carbons (Fsp3) is 0.600. The third kappa shape index (κ3) is 0.686. The van der Waals surface area contributed by atoms with Gasteiger partial charge >= 0.3 is 0 Å². The Bertz CT molecular complexity index is 292. The Hall–Kier alpha value is -0.760. The van der Waals surface area contributed by atoms with Gasteiger partial charge in [0.05, 0.1) is 12.4 Å². The van der Waals surface area contributed by atoms with Crippen LogP contribution in [0.15, 0.2) is 16.7 Å². The number of hydrogen-bond acceptors (Lipinski definition) is 2. The monoisotopic (exact) mass is 164 g/mol. The standard InChI is InChI=1S/C10H12O2/c11-9-6-1-2-7(5-6)10-8(9)3-4-12-10/h3-4,6-7,9,11H,1-2,5H2. The number of aliphatic hydroxyl groups excluding tert-OH is 1. The number of fused-ring (bicyclic) bond motifs is 4. The molecule has 2 bridgehead atoms. The summed E-state index contributed by atoms with van der Waals surface area (Å²) in [4.78, 5) is 0. The van der Waals surface area contributed by atoms with Crippen molar-refractivity contribution in [2.45, 2.75) is 31.3 Å². The van der Waals surface area contributed by atoms with Gasteiger partial charge in [-0.3, -0.25) is 0 Å². The highest BCUT2D eigenvalue weighted by molar-refractivity contribution is 5.29. The van der Waals surface area contributed by atoms with Crippen LogP contribution in [0.5, 0.6) is 0 Å². The van der Waals surface area contributed by atoms with Gasteiger partial charge in [-0.25, -0.2) is 0 Å². The lowest BCUT2D eigenvalue weighted by molar-refractivity contribution is 0.101. The van der Waals surface area contributed by atoms with E-state index < -0.39 is 0 Å². The molecule has 1 N–H and O–H groups in total. The van der Waals surface area contributed by atoms with E-state index in [1.165, 1.54) is 6.42 Å². The predicted molar refractivity (Wildman–Crippen MR) is 43.7 cm³/mol. The first kappa shape index (κ1) is 6.72. The Morgan fingerprint density at radius 2 is 2.33 bits per heavy atom. The molecule has 3 rings (SSSR count). The van der Waals surface area contributed by atoms with E-state index in [-0.39, 0.29) is 6.10 Å². The van der Waals surface area contributed by atoms with Crippen molar-refractivity contribution in [1.29, 1.82) is 0 Å². The van der Waals surface area contributed by atoms with E-state index >= 15 is 0 Å². The van der Waals surface area contributed by atoms with E-state index in [4.69, 9.17) is 4.42 Å². The van der Waals surface area contributed by atoms with Gasteiger partial charge in [-0.2, -0.15) is 0 Å². The molecule has 1 saturated carbocycles. The molecule has 3 unspecified atom stereocenters. The van der Waals surface area contributed by atoms with Gasteiger partial charge in [0, 0.05) is 11.5 Å². The maximum absolute atomic E-state index is 9.88. The summed E-state index contributed by atoms with van der Waals surface area (Å²) in [5, 5.41) is 9.88. The molecule has 1 heterocycles. The minimum Gasteiger partial charge on any atom is -0.469 e. The molecule has 2 aliphatic carbocycles. The van der Waals surface area contributed by atoms with Gasteiger partial charge in [0.15, 0.2) is 0 Å². The van der Waals surface area contributed by atoms with Gasteiger partial charge < -0.3 is 9.52 Å². The molecule has 0 amide bonds. The Labute approximate surface area is 71.2 Å². The molecule has 1 aromatic heterocycles. The van der Waals surface area contributed by atoms with Crippen LogP contribution < -0.4 is 0 Å². The fourth-order valence-corrected chi connectivity index (χ4v) is 2.70. The van der Waals surface area contributed by atoms with Crippen molar-refractivity contribution in [1.82, 2.24) is 0 Å². The van der Waals surface area contributed by atoms with Crippen molar-refractivity contribution in [3.63, 3.8) is 0 Å². The van der Waals surface area contributed by atoms with Gasteiger partial charge in [-0.1, -0.05) is 0 Å².